The summed E-state index contributed by atoms with van der Waals surface area (Å²) >= 11 is 0. The minimum atomic E-state index is -0.118. The zero-order chi connectivity index (χ0) is 17.5. The van der Waals surface area contributed by atoms with E-state index in [1.165, 1.54) is 15.6 Å². The molecule has 2 aromatic heterocycles. The van der Waals surface area contributed by atoms with Crippen LogP contribution in [0.3, 0.4) is 0 Å². The Hall–Kier alpha value is -2.99. The number of rotatable bonds is 3. The predicted molar refractivity (Wildman–Crippen MR) is 99.6 cm³/mol. The number of benzene rings is 1. The fourth-order valence-corrected chi connectivity index (χ4v) is 3.69. The second-order valence-corrected chi connectivity index (χ2v) is 6.85. The molecule has 1 aromatic carbocycles. The third-order valence-electron chi connectivity index (χ3n) is 5.05. The van der Waals surface area contributed by atoms with Gasteiger partial charge in [0.2, 0.25) is 0 Å². The number of H-pyrrole nitrogens is 1. The number of nitrogens with zero attached hydrogens (tertiary/aromatic N) is 4. The van der Waals surface area contributed by atoms with Gasteiger partial charge in [0.15, 0.2) is 5.82 Å². The molecular weight excluding hydrogens is 326 g/mol. The first-order valence-corrected chi connectivity index (χ1v) is 8.90. The van der Waals surface area contributed by atoms with Crippen molar-refractivity contribution in [1.29, 1.82) is 0 Å². The predicted octanol–water partition coefficient (Wildman–Crippen LogP) is 2.32. The summed E-state index contributed by atoms with van der Waals surface area (Å²) in [6, 6.07) is 10.2. The molecule has 0 saturated heterocycles. The van der Waals surface area contributed by atoms with Gasteiger partial charge in [-0.05, 0) is 24.0 Å². The Kier molecular flexibility index (Phi) is 3.57. The number of hydrogen-bond donors (Lipinski definition) is 1. The molecule has 5 rings (SSSR count). The third kappa shape index (κ3) is 2.68. The first-order valence-electron chi connectivity index (χ1n) is 8.90. The van der Waals surface area contributed by atoms with Gasteiger partial charge in [-0.15, -0.1) is 0 Å². The molecule has 26 heavy (non-hydrogen) atoms. The van der Waals surface area contributed by atoms with Crippen molar-refractivity contribution >= 4 is 11.4 Å². The zero-order valence-corrected chi connectivity index (χ0v) is 14.4. The first kappa shape index (κ1) is 15.3. The molecule has 0 atom stereocenters. The van der Waals surface area contributed by atoms with Crippen LogP contribution >= 0.6 is 0 Å². The van der Waals surface area contributed by atoms with Crippen LogP contribution in [0.25, 0.3) is 11.4 Å². The summed E-state index contributed by atoms with van der Waals surface area (Å²) in [7, 11) is 0. The van der Waals surface area contributed by atoms with E-state index in [1.54, 1.807) is 6.07 Å². The van der Waals surface area contributed by atoms with E-state index < -0.39 is 0 Å². The van der Waals surface area contributed by atoms with Gasteiger partial charge in [-0.1, -0.05) is 42.5 Å². The van der Waals surface area contributed by atoms with Crippen molar-refractivity contribution in [3.8, 4) is 0 Å². The molecule has 0 saturated carbocycles. The van der Waals surface area contributed by atoms with Crippen molar-refractivity contribution in [3.05, 3.63) is 81.6 Å². The summed E-state index contributed by atoms with van der Waals surface area (Å²) in [6.45, 7) is 2.52. The first-order chi connectivity index (χ1) is 12.8. The summed E-state index contributed by atoms with van der Waals surface area (Å²) in [5.41, 5.74) is 4.50. The Morgan fingerprint density at radius 1 is 1.15 bits per heavy atom. The highest BCUT2D eigenvalue weighted by Gasteiger charge is 2.18. The smallest absolute Gasteiger partial charge is 0.274 e. The molecule has 0 amide bonds. The van der Waals surface area contributed by atoms with Crippen LogP contribution in [-0.4, -0.2) is 31.0 Å². The Morgan fingerprint density at radius 3 is 2.88 bits per heavy atom. The van der Waals surface area contributed by atoms with Crippen molar-refractivity contribution in [2.45, 2.75) is 25.9 Å². The fourth-order valence-electron chi connectivity index (χ4n) is 3.69. The number of fused-ring (bicyclic) bond motifs is 2. The molecule has 3 heterocycles. The standard InChI is InChI=1S/C20H19N5O/c26-18-11-17(13-24-10-9-14-5-1-4-8-16(14)12-24)21-20-22-19(23-25(18)20)15-6-2-3-7-15/h1-6,8,11H,7,9-10,12-13H2,(H,21,22,23). The lowest BCUT2D eigenvalue weighted by Crippen LogP contribution is -2.31. The maximum absolute atomic E-state index is 12.5. The molecule has 0 fully saturated rings. The van der Waals surface area contributed by atoms with Crippen molar-refractivity contribution in [3.63, 3.8) is 0 Å². The van der Waals surface area contributed by atoms with Gasteiger partial charge in [-0.25, -0.2) is 4.98 Å². The Labute approximate surface area is 150 Å². The van der Waals surface area contributed by atoms with Crippen LogP contribution in [0.15, 0.2) is 53.4 Å². The maximum Gasteiger partial charge on any atom is 0.274 e. The summed E-state index contributed by atoms with van der Waals surface area (Å²) in [6.07, 6.45) is 7.94. The average Bonchev–Trinajstić information content (AvgIpc) is 3.31. The molecule has 3 aromatic rings. The quantitative estimate of drug-likeness (QED) is 0.791. The van der Waals surface area contributed by atoms with E-state index in [0.717, 1.165) is 37.2 Å². The van der Waals surface area contributed by atoms with Gasteiger partial charge < -0.3 is 0 Å². The monoisotopic (exact) mass is 345 g/mol. The Morgan fingerprint density at radius 2 is 2.04 bits per heavy atom. The SMILES string of the molecule is O=c1cc(CN2CCc3ccccc3C2)nc2nc(C3=CC=CC3)[nH]n12. The Balaban J connectivity index is 1.42. The highest BCUT2D eigenvalue weighted by molar-refractivity contribution is 5.66. The van der Waals surface area contributed by atoms with Crippen LogP contribution in [0.1, 0.15) is 29.1 Å². The van der Waals surface area contributed by atoms with Gasteiger partial charge in [0.1, 0.15) is 0 Å². The minimum Gasteiger partial charge on any atom is -0.293 e. The van der Waals surface area contributed by atoms with Gasteiger partial charge >= 0.3 is 0 Å². The summed E-state index contributed by atoms with van der Waals surface area (Å²) < 4.78 is 1.42. The number of hydrogen-bond acceptors (Lipinski definition) is 4. The summed E-state index contributed by atoms with van der Waals surface area (Å²) in [5.74, 6) is 1.15. The van der Waals surface area contributed by atoms with E-state index in [0.29, 0.717) is 18.1 Å². The van der Waals surface area contributed by atoms with Crippen molar-refractivity contribution in [1.82, 2.24) is 24.5 Å². The van der Waals surface area contributed by atoms with Gasteiger partial charge in [0.25, 0.3) is 11.3 Å². The maximum atomic E-state index is 12.5. The molecule has 1 aliphatic carbocycles. The molecule has 6 nitrogen and oxygen atoms in total. The third-order valence-corrected chi connectivity index (χ3v) is 5.05. The molecule has 0 radical (unpaired) electrons. The topological polar surface area (TPSA) is 66.3 Å². The van der Waals surface area contributed by atoms with E-state index >= 15 is 0 Å². The molecule has 0 unspecified atom stereocenters. The molecule has 0 bridgehead atoms. The second-order valence-electron chi connectivity index (χ2n) is 6.85. The highest BCUT2D eigenvalue weighted by Crippen LogP contribution is 2.21. The normalized spacial score (nSPS) is 16.8. The minimum absolute atomic E-state index is 0.118. The van der Waals surface area contributed by atoms with E-state index in [4.69, 9.17) is 0 Å². The van der Waals surface area contributed by atoms with Crippen LogP contribution in [0, 0.1) is 0 Å². The van der Waals surface area contributed by atoms with Crippen LogP contribution in [0.4, 0.5) is 0 Å². The van der Waals surface area contributed by atoms with E-state index in [-0.39, 0.29) is 5.56 Å². The molecule has 0 spiro atoms. The highest BCUT2D eigenvalue weighted by atomic mass is 16.1. The summed E-state index contributed by atoms with van der Waals surface area (Å²) in [4.78, 5) is 23.9. The lowest BCUT2D eigenvalue weighted by atomic mass is 10.00. The number of aromatic amines is 1. The molecule has 2 aliphatic rings. The van der Waals surface area contributed by atoms with Crippen LogP contribution in [0.2, 0.25) is 0 Å². The van der Waals surface area contributed by atoms with Crippen LogP contribution in [-0.2, 0) is 19.5 Å². The molecular formula is C20H19N5O. The van der Waals surface area contributed by atoms with Crippen molar-refractivity contribution < 1.29 is 0 Å². The largest absolute Gasteiger partial charge is 0.293 e. The van der Waals surface area contributed by atoms with Crippen molar-refractivity contribution in [2.75, 3.05) is 6.54 Å². The molecule has 130 valence electrons. The number of allylic oxidation sites excluding steroid dienone is 4. The van der Waals surface area contributed by atoms with Gasteiger partial charge in [-0.3, -0.25) is 14.8 Å². The fraction of sp³-hybridized carbons (Fsp3) is 0.250. The van der Waals surface area contributed by atoms with E-state index in [2.05, 4.69) is 50.3 Å². The molecule has 1 aliphatic heterocycles. The average molecular weight is 345 g/mol. The van der Waals surface area contributed by atoms with E-state index in [1.807, 2.05) is 12.2 Å². The van der Waals surface area contributed by atoms with E-state index in [9.17, 15) is 4.79 Å². The van der Waals surface area contributed by atoms with Gasteiger partial charge in [0.05, 0.1) is 5.69 Å². The van der Waals surface area contributed by atoms with Crippen molar-refractivity contribution in [2.24, 2.45) is 0 Å². The van der Waals surface area contributed by atoms with Crippen LogP contribution in [0.5, 0.6) is 0 Å². The van der Waals surface area contributed by atoms with Gasteiger partial charge in [-0.2, -0.15) is 9.50 Å². The summed E-state index contributed by atoms with van der Waals surface area (Å²) in [5, 5.41) is 3.06. The Bertz CT molecular complexity index is 1100. The second kappa shape index (κ2) is 6.07. The molecule has 6 heteroatoms. The number of nitrogens with one attached hydrogen (secondary N) is 1. The zero-order valence-electron chi connectivity index (χ0n) is 14.4. The lowest BCUT2D eigenvalue weighted by molar-refractivity contribution is 0.242. The van der Waals surface area contributed by atoms with Gasteiger partial charge in [0, 0.05) is 31.3 Å². The molecule has 1 N–H and O–H groups in total. The van der Waals surface area contributed by atoms with Crippen LogP contribution < -0.4 is 5.56 Å². The number of aromatic nitrogens is 4. The lowest BCUT2D eigenvalue weighted by Gasteiger charge is -2.28.